The first kappa shape index (κ1) is 9.55. The normalized spacial score (nSPS) is 11.1. The molecule has 0 radical (unpaired) electrons. The van der Waals surface area contributed by atoms with Gasteiger partial charge in [0.2, 0.25) is 0 Å². The fourth-order valence-corrected chi connectivity index (χ4v) is 1.03. The summed E-state index contributed by atoms with van der Waals surface area (Å²) in [4.78, 5) is 4.16. The van der Waals surface area contributed by atoms with Gasteiger partial charge in [-0.1, -0.05) is 25.4 Å². The molecule has 0 spiro atoms. The van der Waals surface area contributed by atoms with Crippen LogP contribution in [0.1, 0.15) is 19.7 Å². The van der Waals surface area contributed by atoms with Crippen molar-refractivity contribution in [1.29, 1.82) is 0 Å². The second kappa shape index (κ2) is 3.92. The van der Waals surface area contributed by atoms with E-state index in [2.05, 4.69) is 24.1 Å². The van der Waals surface area contributed by atoms with Gasteiger partial charge >= 0.3 is 0 Å². The van der Waals surface area contributed by atoms with Crippen molar-refractivity contribution in [2.45, 2.75) is 26.4 Å². The van der Waals surface area contributed by atoms with Crippen molar-refractivity contribution in [2.75, 3.05) is 0 Å². The lowest BCUT2D eigenvalue weighted by Gasteiger charge is -2.07. The average molecular weight is 188 g/mol. The van der Waals surface area contributed by atoms with E-state index in [1.807, 2.05) is 11.6 Å². The molecule has 0 atom stereocenters. The molecule has 0 amide bonds. The monoisotopic (exact) mass is 187 g/mol. The van der Waals surface area contributed by atoms with Crippen LogP contribution in [0, 0.1) is 0 Å². The van der Waals surface area contributed by atoms with Crippen LogP contribution in [0.15, 0.2) is 6.20 Å². The first-order valence-electron chi connectivity index (χ1n) is 4.00. The summed E-state index contributed by atoms with van der Waals surface area (Å²) in [6.07, 6.45) is 1.67. The maximum atomic E-state index is 5.82. The van der Waals surface area contributed by atoms with Crippen molar-refractivity contribution in [1.82, 2.24) is 14.9 Å². The van der Waals surface area contributed by atoms with E-state index in [1.54, 1.807) is 6.20 Å². The number of imidazole rings is 1. The van der Waals surface area contributed by atoms with Gasteiger partial charge in [-0.05, 0) is 0 Å². The largest absolute Gasteiger partial charge is 0.321 e. The Morgan fingerprint density at radius 1 is 1.67 bits per heavy atom. The van der Waals surface area contributed by atoms with Gasteiger partial charge < -0.3 is 9.88 Å². The highest BCUT2D eigenvalue weighted by Gasteiger charge is 2.03. The second-order valence-corrected chi connectivity index (χ2v) is 3.48. The number of hydrogen-bond donors (Lipinski definition) is 1. The van der Waals surface area contributed by atoms with Crippen LogP contribution in [0.4, 0.5) is 0 Å². The molecule has 3 nitrogen and oxygen atoms in total. The molecule has 12 heavy (non-hydrogen) atoms. The van der Waals surface area contributed by atoms with Crippen LogP contribution in [0.3, 0.4) is 0 Å². The summed E-state index contributed by atoms with van der Waals surface area (Å²) in [6.45, 7) is 4.97. The predicted octanol–water partition coefficient (Wildman–Crippen LogP) is 1.57. The summed E-state index contributed by atoms with van der Waals surface area (Å²) >= 11 is 5.82. The van der Waals surface area contributed by atoms with Gasteiger partial charge in [0.1, 0.15) is 11.0 Å². The van der Waals surface area contributed by atoms with Crippen LogP contribution in [-0.4, -0.2) is 15.6 Å². The molecule has 4 heteroatoms. The molecule has 0 unspecified atom stereocenters. The second-order valence-electron chi connectivity index (χ2n) is 3.09. The average Bonchev–Trinajstić information content (AvgIpc) is 2.30. The van der Waals surface area contributed by atoms with Crippen molar-refractivity contribution < 1.29 is 0 Å². The zero-order valence-corrected chi connectivity index (χ0v) is 8.39. The minimum Gasteiger partial charge on any atom is -0.321 e. The van der Waals surface area contributed by atoms with E-state index in [9.17, 15) is 0 Å². The SMILES string of the molecule is CC(C)NCc1ncc(Cl)n1C. The highest BCUT2D eigenvalue weighted by atomic mass is 35.5. The zero-order chi connectivity index (χ0) is 9.14. The van der Waals surface area contributed by atoms with E-state index < -0.39 is 0 Å². The van der Waals surface area contributed by atoms with Crippen molar-refractivity contribution in [3.05, 3.63) is 17.2 Å². The van der Waals surface area contributed by atoms with Gasteiger partial charge in [0.05, 0.1) is 12.7 Å². The maximum Gasteiger partial charge on any atom is 0.128 e. The lowest BCUT2D eigenvalue weighted by atomic mass is 10.4. The molecule has 68 valence electrons. The Bertz CT molecular complexity index is 255. The quantitative estimate of drug-likeness (QED) is 0.779. The van der Waals surface area contributed by atoms with Gasteiger partial charge in [-0.15, -0.1) is 0 Å². The Kier molecular flexibility index (Phi) is 3.12. The van der Waals surface area contributed by atoms with E-state index in [-0.39, 0.29) is 0 Å². The number of rotatable bonds is 3. The molecule has 0 aliphatic rings. The fourth-order valence-electron chi connectivity index (χ4n) is 0.884. The lowest BCUT2D eigenvalue weighted by Crippen LogP contribution is -2.23. The standard InChI is InChI=1S/C8H14ClN3/c1-6(2)10-5-8-11-4-7(9)12(8)3/h4,6,10H,5H2,1-3H3. The minimum atomic E-state index is 0.473. The van der Waals surface area contributed by atoms with E-state index in [0.29, 0.717) is 11.2 Å². The summed E-state index contributed by atoms with van der Waals surface area (Å²) in [6, 6.07) is 0.473. The number of nitrogens with zero attached hydrogens (tertiary/aromatic N) is 2. The fraction of sp³-hybridized carbons (Fsp3) is 0.625. The molecule has 0 aliphatic carbocycles. The number of nitrogens with one attached hydrogen (secondary N) is 1. The summed E-state index contributed by atoms with van der Waals surface area (Å²) in [5.74, 6) is 0.966. The smallest absolute Gasteiger partial charge is 0.128 e. The van der Waals surface area contributed by atoms with Crippen LogP contribution < -0.4 is 5.32 Å². The van der Waals surface area contributed by atoms with Crippen LogP contribution in [0.2, 0.25) is 5.15 Å². The Morgan fingerprint density at radius 3 is 2.75 bits per heavy atom. The molecule has 1 aromatic rings. The van der Waals surface area contributed by atoms with Gasteiger partial charge in [0, 0.05) is 13.1 Å². The van der Waals surface area contributed by atoms with E-state index >= 15 is 0 Å². The highest BCUT2D eigenvalue weighted by Crippen LogP contribution is 2.08. The number of hydrogen-bond acceptors (Lipinski definition) is 2. The third-order valence-electron chi connectivity index (χ3n) is 1.70. The number of aromatic nitrogens is 2. The topological polar surface area (TPSA) is 29.9 Å². The molecule has 0 bridgehead atoms. The molecule has 1 heterocycles. The molecular weight excluding hydrogens is 174 g/mol. The van der Waals surface area contributed by atoms with Gasteiger partial charge in [0.25, 0.3) is 0 Å². The van der Waals surface area contributed by atoms with E-state index in [4.69, 9.17) is 11.6 Å². The van der Waals surface area contributed by atoms with Gasteiger partial charge in [-0.2, -0.15) is 0 Å². The Morgan fingerprint density at radius 2 is 2.33 bits per heavy atom. The Labute approximate surface area is 77.7 Å². The van der Waals surface area contributed by atoms with Gasteiger partial charge in [-0.3, -0.25) is 0 Å². The molecule has 1 aromatic heterocycles. The molecule has 0 fully saturated rings. The Balaban J connectivity index is 2.58. The third kappa shape index (κ3) is 2.22. The van der Waals surface area contributed by atoms with Crippen molar-refractivity contribution >= 4 is 11.6 Å². The van der Waals surface area contributed by atoms with Crippen molar-refractivity contribution in [2.24, 2.45) is 7.05 Å². The number of halogens is 1. The Hall–Kier alpha value is -0.540. The molecule has 0 aromatic carbocycles. The summed E-state index contributed by atoms with van der Waals surface area (Å²) in [5.41, 5.74) is 0. The minimum absolute atomic E-state index is 0.473. The molecular formula is C8H14ClN3. The molecule has 1 rings (SSSR count). The van der Waals surface area contributed by atoms with Crippen LogP contribution in [0.5, 0.6) is 0 Å². The maximum absolute atomic E-state index is 5.82. The van der Waals surface area contributed by atoms with Crippen molar-refractivity contribution in [3.63, 3.8) is 0 Å². The molecule has 1 N–H and O–H groups in total. The van der Waals surface area contributed by atoms with Crippen LogP contribution in [-0.2, 0) is 13.6 Å². The van der Waals surface area contributed by atoms with Crippen LogP contribution in [0.25, 0.3) is 0 Å². The van der Waals surface area contributed by atoms with Gasteiger partial charge in [-0.25, -0.2) is 4.98 Å². The van der Waals surface area contributed by atoms with E-state index in [1.165, 1.54) is 0 Å². The molecule has 0 aliphatic heterocycles. The molecule has 0 saturated carbocycles. The van der Waals surface area contributed by atoms with Crippen LogP contribution >= 0.6 is 11.6 Å². The summed E-state index contributed by atoms with van der Waals surface area (Å²) < 4.78 is 1.87. The first-order valence-corrected chi connectivity index (χ1v) is 4.38. The van der Waals surface area contributed by atoms with Gasteiger partial charge in [0.15, 0.2) is 0 Å². The lowest BCUT2D eigenvalue weighted by molar-refractivity contribution is 0.561. The third-order valence-corrected chi connectivity index (χ3v) is 2.05. The van der Waals surface area contributed by atoms with E-state index in [0.717, 1.165) is 12.4 Å². The first-order chi connectivity index (χ1) is 5.61. The zero-order valence-electron chi connectivity index (χ0n) is 7.63. The predicted molar refractivity (Wildman–Crippen MR) is 50.2 cm³/mol. The van der Waals surface area contributed by atoms with Crippen molar-refractivity contribution in [3.8, 4) is 0 Å². The highest BCUT2D eigenvalue weighted by molar-refractivity contribution is 6.29. The summed E-state index contributed by atoms with van der Waals surface area (Å²) in [7, 11) is 1.91. The summed E-state index contributed by atoms with van der Waals surface area (Å²) in [5, 5.41) is 3.95. The molecule has 0 saturated heterocycles.